The Morgan fingerprint density at radius 2 is 2.00 bits per heavy atom. The molecule has 10 heteroatoms. The van der Waals surface area contributed by atoms with E-state index in [0.717, 1.165) is 23.1 Å². The molecular formula is C19H19ClF3NO5. The van der Waals surface area contributed by atoms with Crippen LogP contribution in [-0.4, -0.2) is 42.1 Å². The van der Waals surface area contributed by atoms with Crippen molar-refractivity contribution in [3.8, 4) is 18.1 Å². The summed E-state index contributed by atoms with van der Waals surface area (Å²) in [7, 11) is 0. The third-order valence-electron chi connectivity index (χ3n) is 4.71. The standard InChI is InChI=1S/C19H19ClF3NO5/c1-3-16(25)24(13-4-5-15(14(20)10-13)29-19(21,22)23)18(2,17(26)27)11-12-6-8-28-9-7-12/h1,4-5,10,12H,6-9,11H2,2H3,(H,26,27). The van der Waals surface area contributed by atoms with Crippen molar-refractivity contribution >= 4 is 29.2 Å². The molecule has 1 aliphatic heterocycles. The highest BCUT2D eigenvalue weighted by Gasteiger charge is 2.45. The van der Waals surface area contributed by atoms with Crippen molar-refractivity contribution in [2.45, 2.75) is 38.1 Å². The van der Waals surface area contributed by atoms with Crippen molar-refractivity contribution in [3.63, 3.8) is 0 Å². The van der Waals surface area contributed by atoms with Gasteiger partial charge >= 0.3 is 18.2 Å². The van der Waals surface area contributed by atoms with Gasteiger partial charge in [-0.3, -0.25) is 9.69 Å². The van der Waals surface area contributed by atoms with E-state index in [1.807, 2.05) is 5.92 Å². The van der Waals surface area contributed by atoms with Crippen molar-refractivity contribution in [1.82, 2.24) is 0 Å². The van der Waals surface area contributed by atoms with E-state index in [1.54, 1.807) is 0 Å². The maximum atomic E-state index is 12.5. The maximum absolute atomic E-state index is 12.5. The van der Waals surface area contributed by atoms with E-state index in [-0.39, 0.29) is 18.0 Å². The average molecular weight is 434 g/mol. The number of nitrogens with zero attached hydrogens (tertiary/aromatic N) is 1. The molecule has 1 aliphatic rings. The maximum Gasteiger partial charge on any atom is 0.573 e. The van der Waals surface area contributed by atoms with E-state index in [9.17, 15) is 27.9 Å². The Kier molecular flexibility index (Phi) is 7.03. The molecule has 1 saturated heterocycles. The summed E-state index contributed by atoms with van der Waals surface area (Å²) in [5.74, 6) is -1.11. The number of alkyl halides is 3. The molecule has 0 spiro atoms. The Labute approximate surface area is 170 Å². The van der Waals surface area contributed by atoms with Crippen LogP contribution < -0.4 is 9.64 Å². The second kappa shape index (κ2) is 8.93. The SMILES string of the molecule is C#CC(=O)N(c1ccc(OC(F)(F)F)c(Cl)c1)C(C)(CC1CCOCC1)C(=O)O. The topological polar surface area (TPSA) is 76.1 Å². The van der Waals surface area contributed by atoms with Gasteiger partial charge in [-0.15, -0.1) is 19.6 Å². The normalized spacial score (nSPS) is 17.1. The Morgan fingerprint density at radius 3 is 2.48 bits per heavy atom. The van der Waals surface area contributed by atoms with Crippen LogP contribution in [0.5, 0.6) is 5.75 Å². The number of halogens is 4. The molecule has 1 N–H and O–H groups in total. The highest BCUT2D eigenvalue weighted by Crippen LogP contribution is 2.38. The third kappa shape index (κ3) is 5.55. The fraction of sp³-hybridized carbons (Fsp3) is 0.474. The summed E-state index contributed by atoms with van der Waals surface area (Å²) in [4.78, 5) is 25.5. The molecular weight excluding hydrogens is 415 g/mol. The lowest BCUT2D eigenvalue weighted by atomic mass is 9.83. The molecule has 1 aromatic rings. The summed E-state index contributed by atoms with van der Waals surface area (Å²) in [6.45, 7) is 2.28. The van der Waals surface area contributed by atoms with Crippen LogP contribution in [0.4, 0.5) is 18.9 Å². The van der Waals surface area contributed by atoms with Gasteiger partial charge in [0.2, 0.25) is 0 Å². The van der Waals surface area contributed by atoms with Gasteiger partial charge in [-0.2, -0.15) is 0 Å². The second-order valence-electron chi connectivity index (χ2n) is 6.79. The minimum absolute atomic E-state index is 0.0405. The van der Waals surface area contributed by atoms with E-state index in [0.29, 0.717) is 26.1 Å². The minimum atomic E-state index is -4.96. The van der Waals surface area contributed by atoms with Gasteiger partial charge in [0.25, 0.3) is 0 Å². The van der Waals surface area contributed by atoms with Crippen LogP contribution in [0.25, 0.3) is 0 Å². The van der Waals surface area contributed by atoms with Gasteiger partial charge in [0.15, 0.2) is 0 Å². The molecule has 0 radical (unpaired) electrons. The van der Waals surface area contributed by atoms with Crippen LogP contribution in [0, 0.1) is 18.3 Å². The first-order chi connectivity index (χ1) is 13.5. The molecule has 2 rings (SSSR count). The lowest BCUT2D eigenvalue weighted by Gasteiger charge is -2.40. The number of hydrogen-bond acceptors (Lipinski definition) is 4. The molecule has 1 amide bonds. The fourth-order valence-corrected chi connectivity index (χ4v) is 3.53. The zero-order valence-electron chi connectivity index (χ0n) is 15.5. The number of benzene rings is 1. The summed E-state index contributed by atoms with van der Waals surface area (Å²) in [6.07, 6.45) is 1.57. The van der Waals surface area contributed by atoms with Crippen molar-refractivity contribution in [2.24, 2.45) is 5.92 Å². The average Bonchev–Trinajstić information content (AvgIpc) is 2.63. The number of ether oxygens (including phenoxy) is 2. The van der Waals surface area contributed by atoms with Gasteiger partial charge < -0.3 is 14.6 Å². The van der Waals surface area contributed by atoms with Crippen LogP contribution in [0.2, 0.25) is 5.02 Å². The molecule has 0 bridgehead atoms. The number of amides is 1. The number of carboxylic acids is 1. The first kappa shape index (κ1) is 22.8. The van der Waals surface area contributed by atoms with E-state index in [4.69, 9.17) is 22.8 Å². The highest BCUT2D eigenvalue weighted by atomic mass is 35.5. The lowest BCUT2D eigenvalue weighted by Crippen LogP contribution is -2.56. The van der Waals surface area contributed by atoms with Gasteiger partial charge in [0, 0.05) is 18.9 Å². The summed E-state index contributed by atoms with van der Waals surface area (Å²) >= 11 is 5.87. The predicted octanol–water partition coefficient (Wildman–Crippen LogP) is 3.86. The summed E-state index contributed by atoms with van der Waals surface area (Å²) < 4.78 is 46.5. The van der Waals surface area contributed by atoms with Crippen LogP contribution in [0.3, 0.4) is 0 Å². The van der Waals surface area contributed by atoms with Crippen LogP contribution in [0.15, 0.2) is 18.2 Å². The first-order valence-electron chi connectivity index (χ1n) is 8.65. The van der Waals surface area contributed by atoms with Gasteiger partial charge in [0.1, 0.15) is 11.3 Å². The van der Waals surface area contributed by atoms with Crippen LogP contribution in [0.1, 0.15) is 26.2 Å². The summed E-state index contributed by atoms with van der Waals surface area (Å²) in [6, 6.07) is 3.02. The van der Waals surface area contributed by atoms with E-state index in [1.165, 1.54) is 6.92 Å². The molecule has 6 nitrogen and oxygen atoms in total. The number of anilines is 1. The van der Waals surface area contributed by atoms with Gasteiger partial charge in [-0.05, 0) is 56.2 Å². The van der Waals surface area contributed by atoms with Crippen molar-refractivity contribution in [1.29, 1.82) is 0 Å². The Morgan fingerprint density at radius 1 is 1.38 bits per heavy atom. The van der Waals surface area contributed by atoms with Crippen molar-refractivity contribution < 1.29 is 37.3 Å². The molecule has 1 fully saturated rings. The van der Waals surface area contributed by atoms with E-state index >= 15 is 0 Å². The summed E-state index contributed by atoms with van der Waals surface area (Å²) in [5, 5.41) is 9.47. The largest absolute Gasteiger partial charge is 0.573 e. The molecule has 1 unspecified atom stereocenters. The number of hydrogen-bond donors (Lipinski definition) is 1. The number of carboxylic acid groups (broad SMARTS) is 1. The zero-order chi connectivity index (χ0) is 21.8. The zero-order valence-corrected chi connectivity index (χ0v) is 16.2. The Hall–Kier alpha value is -2.44. The molecule has 0 saturated carbocycles. The molecule has 29 heavy (non-hydrogen) atoms. The van der Waals surface area contributed by atoms with Crippen LogP contribution in [-0.2, 0) is 14.3 Å². The van der Waals surface area contributed by atoms with Gasteiger partial charge in [0.05, 0.1) is 5.02 Å². The monoisotopic (exact) mass is 433 g/mol. The van der Waals surface area contributed by atoms with Gasteiger partial charge in [-0.25, -0.2) is 4.79 Å². The van der Waals surface area contributed by atoms with Gasteiger partial charge in [-0.1, -0.05) is 11.6 Å². The minimum Gasteiger partial charge on any atom is -0.479 e. The smallest absolute Gasteiger partial charge is 0.479 e. The number of carbonyl (C=O) groups is 2. The molecule has 0 aromatic heterocycles. The second-order valence-corrected chi connectivity index (χ2v) is 7.19. The van der Waals surface area contributed by atoms with Crippen molar-refractivity contribution in [3.05, 3.63) is 23.2 Å². The summed E-state index contributed by atoms with van der Waals surface area (Å²) in [5.41, 5.74) is -1.80. The fourth-order valence-electron chi connectivity index (χ4n) is 3.31. The van der Waals surface area contributed by atoms with E-state index < -0.39 is 34.5 Å². The molecule has 158 valence electrons. The van der Waals surface area contributed by atoms with Crippen LogP contribution >= 0.6 is 11.6 Å². The van der Waals surface area contributed by atoms with E-state index in [2.05, 4.69) is 4.74 Å². The third-order valence-corrected chi connectivity index (χ3v) is 5.00. The molecule has 1 atom stereocenters. The number of aliphatic carboxylic acids is 1. The van der Waals surface area contributed by atoms with Crippen molar-refractivity contribution in [2.75, 3.05) is 18.1 Å². The molecule has 1 heterocycles. The molecule has 1 aromatic carbocycles. The first-order valence-corrected chi connectivity index (χ1v) is 9.03. The highest BCUT2D eigenvalue weighted by molar-refractivity contribution is 6.32. The Balaban J connectivity index is 2.45. The number of terminal acetylenes is 1. The lowest BCUT2D eigenvalue weighted by molar-refractivity contribution is -0.274. The number of carbonyl (C=O) groups excluding carboxylic acids is 1. The predicted molar refractivity (Wildman–Crippen MR) is 98.7 cm³/mol. The molecule has 0 aliphatic carbocycles. The Bertz CT molecular complexity index is 817. The quantitative estimate of drug-likeness (QED) is 0.689. The number of rotatable bonds is 6.